The summed E-state index contributed by atoms with van der Waals surface area (Å²) in [6.45, 7) is 3.67. The summed E-state index contributed by atoms with van der Waals surface area (Å²) in [4.78, 5) is 24.3. The number of piperidine rings is 1. The largest absolute Gasteiger partial charge is 0.384 e. The smallest absolute Gasteiger partial charge is 0.178 e. The number of halogens is 2. The van der Waals surface area contributed by atoms with Crippen LogP contribution in [0.1, 0.15) is 66.2 Å². The summed E-state index contributed by atoms with van der Waals surface area (Å²) in [7, 11) is 0. The molecular weight excluding hydrogens is 454 g/mol. The number of ketones is 2. The molecule has 2 unspecified atom stereocenters. The Morgan fingerprint density at radius 1 is 1.17 bits per heavy atom. The number of hydrogen-bond donors (Lipinski definition) is 2. The molecule has 1 fully saturated rings. The van der Waals surface area contributed by atoms with Crippen LogP contribution in [-0.2, 0) is 16.8 Å². The fourth-order valence-electron chi connectivity index (χ4n) is 4.85. The molecule has 4 rings (SSSR count). The number of aliphatic hydroxyl groups is 1. The minimum absolute atomic E-state index is 0.107. The average molecular weight is 483 g/mol. The first kappa shape index (κ1) is 24.9. The number of carbonyl (C=O) groups excluding carboxylic acids is 2. The second-order valence-corrected chi connectivity index (χ2v) is 9.10. The lowest BCUT2D eigenvalue weighted by atomic mass is 9.73. The van der Waals surface area contributed by atoms with E-state index >= 15 is 0 Å². The molecule has 0 spiro atoms. The number of Topliss-reactive ketones (excluding diaryl/α,β-unsaturated/α-hetero) is 2. The summed E-state index contributed by atoms with van der Waals surface area (Å²) < 4.78 is 33.4. The van der Waals surface area contributed by atoms with Crippen molar-refractivity contribution in [2.45, 2.75) is 51.0 Å². The fraction of sp³-hybridized carbons (Fsp3) is 0.370. The summed E-state index contributed by atoms with van der Waals surface area (Å²) in [6.07, 6.45) is 1.94. The van der Waals surface area contributed by atoms with Crippen molar-refractivity contribution < 1.29 is 28.0 Å². The van der Waals surface area contributed by atoms with Crippen molar-refractivity contribution in [3.05, 3.63) is 76.5 Å². The molecule has 184 valence electrons. The van der Waals surface area contributed by atoms with E-state index in [-0.39, 0.29) is 41.4 Å². The minimum atomic E-state index is -1.58. The van der Waals surface area contributed by atoms with Crippen LogP contribution in [0.3, 0.4) is 0 Å². The lowest BCUT2D eigenvalue weighted by Crippen LogP contribution is -2.47. The van der Waals surface area contributed by atoms with Crippen LogP contribution in [0, 0.1) is 11.6 Å². The highest BCUT2D eigenvalue weighted by molar-refractivity contribution is 6.01. The highest BCUT2D eigenvalue weighted by Crippen LogP contribution is 2.44. The Bertz CT molecular complexity index is 1260. The first-order valence-corrected chi connectivity index (χ1v) is 11.7. The van der Waals surface area contributed by atoms with Gasteiger partial charge in [-0.2, -0.15) is 0 Å². The van der Waals surface area contributed by atoms with Crippen molar-refractivity contribution in [3.63, 3.8) is 0 Å². The maximum absolute atomic E-state index is 14.1. The highest BCUT2D eigenvalue weighted by Gasteiger charge is 2.45. The molecule has 0 bridgehead atoms. The summed E-state index contributed by atoms with van der Waals surface area (Å²) in [5.41, 5.74) is 0.756. The van der Waals surface area contributed by atoms with E-state index in [0.717, 1.165) is 17.7 Å². The molecule has 6 nitrogen and oxygen atoms in total. The Hall–Kier alpha value is -3.23. The van der Waals surface area contributed by atoms with Gasteiger partial charge in [-0.25, -0.2) is 8.78 Å². The van der Waals surface area contributed by atoms with Gasteiger partial charge >= 0.3 is 0 Å². The van der Waals surface area contributed by atoms with Crippen LogP contribution >= 0.6 is 0 Å². The Morgan fingerprint density at radius 3 is 2.66 bits per heavy atom. The van der Waals surface area contributed by atoms with Gasteiger partial charge in [0.25, 0.3) is 0 Å². The quantitative estimate of drug-likeness (QED) is 0.452. The van der Waals surface area contributed by atoms with Crippen molar-refractivity contribution in [3.8, 4) is 11.3 Å². The summed E-state index contributed by atoms with van der Waals surface area (Å²) in [5.74, 6) is -2.67. The molecule has 2 aromatic carbocycles. The van der Waals surface area contributed by atoms with Crippen molar-refractivity contribution in [1.29, 1.82) is 0 Å². The zero-order chi connectivity index (χ0) is 25.2. The molecule has 0 amide bonds. The number of nitrogens with zero attached hydrogens (tertiary/aromatic N) is 1. The lowest BCUT2D eigenvalue weighted by molar-refractivity contribution is -0.117. The molecule has 2 atom stereocenters. The van der Waals surface area contributed by atoms with Crippen LogP contribution in [0.4, 0.5) is 8.78 Å². The SMILES string of the molecule is CC(=O)CCCc1ccccc1-c1onc(C2CNCCC2(O)c2ccc(F)c(F)c2)c1C(C)=O. The van der Waals surface area contributed by atoms with E-state index in [1.165, 1.54) is 13.0 Å². The third-order valence-corrected chi connectivity index (χ3v) is 6.66. The Labute approximate surface area is 202 Å². The Morgan fingerprint density at radius 2 is 1.94 bits per heavy atom. The zero-order valence-electron chi connectivity index (χ0n) is 19.7. The summed E-state index contributed by atoms with van der Waals surface area (Å²) in [5, 5.41) is 19.2. The van der Waals surface area contributed by atoms with Crippen molar-refractivity contribution in [1.82, 2.24) is 10.5 Å². The number of aryl methyl sites for hydroxylation is 1. The number of aromatic nitrogens is 1. The highest BCUT2D eigenvalue weighted by atomic mass is 19.2. The van der Waals surface area contributed by atoms with Gasteiger partial charge in [0.2, 0.25) is 0 Å². The predicted octanol–water partition coefficient (Wildman–Crippen LogP) is 4.70. The van der Waals surface area contributed by atoms with Gasteiger partial charge < -0.3 is 19.7 Å². The van der Waals surface area contributed by atoms with Gasteiger partial charge in [0.05, 0.1) is 11.5 Å². The molecule has 8 heteroatoms. The van der Waals surface area contributed by atoms with E-state index in [4.69, 9.17) is 4.52 Å². The molecule has 0 radical (unpaired) electrons. The molecule has 3 aromatic rings. The average Bonchev–Trinajstić information content (AvgIpc) is 3.26. The molecule has 1 aliphatic rings. The molecule has 35 heavy (non-hydrogen) atoms. The first-order chi connectivity index (χ1) is 16.7. The van der Waals surface area contributed by atoms with Crippen LogP contribution in [0.15, 0.2) is 47.0 Å². The van der Waals surface area contributed by atoms with E-state index < -0.39 is 23.2 Å². The van der Waals surface area contributed by atoms with E-state index in [1.54, 1.807) is 6.92 Å². The predicted molar refractivity (Wildman–Crippen MR) is 126 cm³/mol. The molecule has 0 aliphatic carbocycles. The van der Waals surface area contributed by atoms with Gasteiger partial charge in [-0.05, 0) is 62.9 Å². The maximum atomic E-state index is 14.1. The third-order valence-electron chi connectivity index (χ3n) is 6.66. The van der Waals surface area contributed by atoms with Crippen LogP contribution in [0.5, 0.6) is 0 Å². The van der Waals surface area contributed by atoms with Gasteiger partial charge in [0, 0.05) is 18.5 Å². The lowest BCUT2D eigenvalue weighted by Gasteiger charge is -2.40. The molecule has 1 saturated heterocycles. The monoisotopic (exact) mass is 482 g/mol. The van der Waals surface area contributed by atoms with Crippen molar-refractivity contribution >= 4 is 11.6 Å². The number of carbonyl (C=O) groups is 2. The van der Waals surface area contributed by atoms with Gasteiger partial charge in [-0.15, -0.1) is 0 Å². The summed E-state index contributed by atoms with van der Waals surface area (Å²) >= 11 is 0. The van der Waals surface area contributed by atoms with Gasteiger partial charge in [0.1, 0.15) is 17.1 Å². The van der Waals surface area contributed by atoms with Gasteiger partial charge in [-0.3, -0.25) is 4.79 Å². The van der Waals surface area contributed by atoms with Gasteiger partial charge in [0.15, 0.2) is 23.2 Å². The molecule has 0 saturated carbocycles. The summed E-state index contributed by atoms with van der Waals surface area (Å²) in [6, 6.07) is 10.8. The zero-order valence-corrected chi connectivity index (χ0v) is 19.7. The molecular formula is C27H28F2N2O4. The molecule has 1 aromatic heterocycles. The van der Waals surface area contributed by atoms with Gasteiger partial charge in [-0.1, -0.05) is 35.5 Å². The van der Waals surface area contributed by atoms with Crippen LogP contribution < -0.4 is 5.32 Å². The number of hydrogen-bond acceptors (Lipinski definition) is 6. The first-order valence-electron chi connectivity index (χ1n) is 11.7. The topological polar surface area (TPSA) is 92.4 Å². The molecule has 2 heterocycles. The van der Waals surface area contributed by atoms with Crippen molar-refractivity contribution in [2.75, 3.05) is 13.1 Å². The second-order valence-electron chi connectivity index (χ2n) is 9.10. The second kappa shape index (κ2) is 10.2. The Kier molecular flexibility index (Phi) is 7.23. The van der Waals surface area contributed by atoms with Crippen LogP contribution in [0.25, 0.3) is 11.3 Å². The van der Waals surface area contributed by atoms with Crippen LogP contribution in [0.2, 0.25) is 0 Å². The van der Waals surface area contributed by atoms with E-state index in [0.29, 0.717) is 37.1 Å². The standard InChI is InChI=1S/C27H28F2N2O4/c1-16(32)6-5-8-18-7-3-4-9-20(18)26-24(17(2)33)25(31-35-26)21-15-30-13-12-27(21,34)19-10-11-22(28)23(29)14-19/h3-4,7,9-11,14,21,30,34H,5-6,8,12-13,15H2,1-2H3. The Balaban J connectivity index is 1.78. The van der Waals surface area contributed by atoms with E-state index in [9.17, 15) is 23.5 Å². The third kappa shape index (κ3) is 4.94. The van der Waals surface area contributed by atoms with E-state index in [2.05, 4.69) is 10.5 Å². The van der Waals surface area contributed by atoms with Crippen molar-refractivity contribution in [2.24, 2.45) is 0 Å². The normalized spacial score (nSPS) is 20.1. The minimum Gasteiger partial charge on any atom is -0.384 e. The number of rotatable bonds is 8. The molecule has 1 aliphatic heterocycles. The number of nitrogens with one attached hydrogen (secondary N) is 1. The van der Waals surface area contributed by atoms with Crippen LogP contribution in [-0.4, -0.2) is 34.9 Å². The molecule has 2 N–H and O–H groups in total. The maximum Gasteiger partial charge on any atom is 0.178 e. The number of benzene rings is 2. The van der Waals surface area contributed by atoms with E-state index in [1.807, 2.05) is 24.3 Å². The fourth-order valence-corrected chi connectivity index (χ4v) is 4.85.